The number of nitrogens with one attached hydrogen (secondary N) is 1. The SMILES string of the molecule is NCc1cccc(CNC(=O)C(=O)N2CCN(c3ccccc3F)CC2)c1. The van der Waals surface area contributed by atoms with Crippen molar-refractivity contribution in [2.24, 2.45) is 5.73 Å². The highest BCUT2D eigenvalue weighted by atomic mass is 19.1. The maximum atomic E-state index is 13.9. The fourth-order valence-electron chi connectivity index (χ4n) is 3.13. The van der Waals surface area contributed by atoms with Crippen LogP contribution in [0.3, 0.4) is 0 Å². The van der Waals surface area contributed by atoms with Gasteiger partial charge >= 0.3 is 11.8 Å². The van der Waals surface area contributed by atoms with E-state index in [9.17, 15) is 14.0 Å². The molecule has 1 aliphatic rings. The monoisotopic (exact) mass is 370 g/mol. The number of piperazine rings is 1. The standard InChI is InChI=1S/C20H23FN4O2/c21-17-6-1-2-7-18(17)24-8-10-25(11-9-24)20(27)19(26)23-14-16-5-3-4-15(12-16)13-22/h1-7,12H,8-11,13-14,22H2,(H,23,26). The molecule has 2 aromatic carbocycles. The molecule has 2 amide bonds. The first-order chi connectivity index (χ1) is 13.1. The van der Waals surface area contributed by atoms with Crippen LogP contribution in [0.4, 0.5) is 10.1 Å². The van der Waals surface area contributed by atoms with Crippen molar-refractivity contribution in [2.45, 2.75) is 13.1 Å². The lowest BCUT2D eigenvalue weighted by Gasteiger charge is -2.35. The van der Waals surface area contributed by atoms with E-state index in [4.69, 9.17) is 5.73 Å². The molecule has 0 atom stereocenters. The maximum Gasteiger partial charge on any atom is 0.312 e. The number of nitrogens with zero attached hydrogens (tertiary/aromatic N) is 2. The Morgan fingerprint density at radius 3 is 2.41 bits per heavy atom. The smallest absolute Gasteiger partial charge is 0.312 e. The van der Waals surface area contributed by atoms with E-state index in [-0.39, 0.29) is 12.4 Å². The molecule has 0 aliphatic carbocycles. The van der Waals surface area contributed by atoms with Crippen molar-refractivity contribution in [3.63, 3.8) is 0 Å². The highest BCUT2D eigenvalue weighted by Crippen LogP contribution is 2.20. The van der Waals surface area contributed by atoms with Crippen molar-refractivity contribution in [3.8, 4) is 0 Å². The van der Waals surface area contributed by atoms with Crippen LogP contribution in [0.15, 0.2) is 48.5 Å². The molecule has 1 aliphatic heterocycles. The van der Waals surface area contributed by atoms with Crippen LogP contribution in [0, 0.1) is 5.82 Å². The highest BCUT2D eigenvalue weighted by molar-refractivity contribution is 6.35. The van der Waals surface area contributed by atoms with E-state index >= 15 is 0 Å². The quantitative estimate of drug-likeness (QED) is 0.794. The van der Waals surface area contributed by atoms with Gasteiger partial charge in [-0.3, -0.25) is 9.59 Å². The summed E-state index contributed by atoms with van der Waals surface area (Å²) in [7, 11) is 0. The van der Waals surface area contributed by atoms with Crippen LogP contribution in [0.25, 0.3) is 0 Å². The topological polar surface area (TPSA) is 78.7 Å². The number of carbonyl (C=O) groups is 2. The highest BCUT2D eigenvalue weighted by Gasteiger charge is 2.26. The normalized spacial score (nSPS) is 14.1. The van der Waals surface area contributed by atoms with Crippen LogP contribution >= 0.6 is 0 Å². The van der Waals surface area contributed by atoms with E-state index in [1.807, 2.05) is 29.2 Å². The third-order valence-corrected chi connectivity index (χ3v) is 4.63. The summed E-state index contributed by atoms with van der Waals surface area (Å²) in [5.41, 5.74) is 7.99. The fourth-order valence-corrected chi connectivity index (χ4v) is 3.13. The van der Waals surface area contributed by atoms with E-state index in [0.717, 1.165) is 11.1 Å². The summed E-state index contributed by atoms with van der Waals surface area (Å²) in [5.74, 6) is -1.47. The second-order valence-corrected chi connectivity index (χ2v) is 6.44. The molecule has 1 saturated heterocycles. The average Bonchev–Trinajstić information content (AvgIpc) is 2.72. The van der Waals surface area contributed by atoms with Crippen molar-refractivity contribution in [3.05, 3.63) is 65.5 Å². The third kappa shape index (κ3) is 4.62. The van der Waals surface area contributed by atoms with E-state index < -0.39 is 11.8 Å². The Morgan fingerprint density at radius 2 is 1.70 bits per heavy atom. The Bertz CT molecular complexity index is 819. The zero-order valence-corrected chi connectivity index (χ0v) is 15.0. The number of para-hydroxylation sites is 1. The first-order valence-electron chi connectivity index (χ1n) is 8.93. The third-order valence-electron chi connectivity index (χ3n) is 4.63. The molecular formula is C20H23FN4O2. The lowest BCUT2D eigenvalue weighted by molar-refractivity contribution is -0.146. The zero-order chi connectivity index (χ0) is 19.2. The molecule has 3 rings (SSSR count). The number of anilines is 1. The number of nitrogens with two attached hydrogens (primary N) is 1. The van der Waals surface area contributed by atoms with Crippen LogP contribution in [-0.2, 0) is 22.7 Å². The van der Waals surface area contributed by atoms with E-state index in [2.05, 4.69) is 5.32 Å². The first-order valence-corrected chi connectivity index (χ1v) is 8.93. The van der Waals surface area contributed by atoms with Gasteiger partial charge in [0.05, 0.1) is 5.69 Å². The largest absolute Gasteiger partial charge is 0.366 e. The van der Waals surface area contributed by atoms with Gasteiger partial charge in [0.25, 0.3) is 0 Å². The molecule has 0 saturated carbocycles. The predicted molar refractivity (Wildman–Crippen MR) is 101 cm³/mol. The van der Waals surface area contributed by atoms with Gasteiger partial charge in [-0.05, 0) is 23.3 Å². The second-order valence-electron chi connectivity index (χ2n) is 6.44. The molecule has 0 radical (unpaired) electrons. The van der Waals surface area contributed by atoms with Gasteiger partial charge in [-0.2, -0.15) is 0 Å². The molecule has 142 valence electrons. The maximum absolute atomic E-state index is 13.9. The van der Waals surface area contributed by atoms with Gasteiger partial charge in [-0.1, -0.05) is 36.4 Å². The molecule has 2 aromatic rings. The van der Waals surface area contributed by atoms with Crippen molar-refractivity contribution in [1.29, 1.82) is 0 Å². The van der Waals surface area contributed by atoms with E-state index in [1.165, 1.54) is 11.0 Å². The molecule has 7 heteroatoms. The van der Waals surface area contributed by atoms with Crippen molar-refractivity contribution in [1.82, 2.24) is 10.2 Å². The molecule has 6 nitrogen and oxygen atoms in total. The van der Waals surface area contributed by atoms with Crippen LogP contribution < -0.4 is 16.0 Å². The van der Waals surface area contributed by atoms with Crippen LogP contribution in [-0.4, -0.2) is 42.9 Å². The van der Waals surface area contributed by atoms with Gasteiger partial charge in [0.15, 0.2) is 0 Å². The minimum absolute atomic E-state index is 0.271. The Morgan fingerprint density at radius 1 is 1.00 bits per heavy atom. The lowest BCUT2D eigenvalue weighted by Crippen LogP contribution is -2.52. The van der Waals surface area contributed by atoms with Crippen molar-refractivity contribution in [2.75, 3.05) is 31.1 Å². The Hall–Kier alpha value is -2.93. The summed E-state index contributed by atoms with van der Waals surface area (Å²) in [6.45, 7) is 2.42. The van der Waals surface area contributed by atoms with Gasteiger partial charge in [0.2, 0.25) is 0 Å². The molecule has 0 bridgehead atoms. The Labute approximate surface area is 157 Å². The molecule has 1 heterocycles. The van der Waals surface area contributed by atoms with Gasteiger partial charge in [-0.25, -0.2) is 4.39 Å². The Balaban J connectivity index is 1.51. The number of amides is 2. The van der Waals surface area contributed by atoms with Gasteiger partial charge in [0.1, 0.15) is 5.82 Å². The van der Waals surface area contributed by atoms with Crippen molar-refractivity contribution >= 4 is 17.5 Å². The average molecular weight is 370 g/mol. The van der Waals surface area contributed by atoms with E-state index in [0.29, 0.717) is 38.4 Å². The summed E-state index contributed by atoms with van der Waals surface area (Å²) in [6.07, 6.45) is 0. The van der Waals surface area contributed by atoms with Crippen LogP contribution in [0.1, 0.15) is 11.1 Å². The summed E-state index contributed by atoms with van der Waals surface area (Å²) in [6, 6.07) is 14.1. The number of hydrogen-bond donors (Lipinski definition) is 2. The summed E-state index contributed by atoms with van der Waals surface area (Å²) in [4.78, 5) is 27.9. The first kappa shape index (κ1) is 18.8. The zero-order valence-electron chi connectivity index (χ0n) is 15.0. The van der Waals surface area contributed by atoms with E-state index in [1.54, 1.807) is 18.2 Å². The number of hydrogen-bond acceptors (Lipinski definition) is 4. The van der Waals surface area contributed by atoms with Crippen LogP contribution in [0.5, 0.6) is 0 Å². The molecule has 0 spiro atoms. The minimum Gasteiger partial charge on any atom is -0.366 e. The molecular weight excluding hydrogens is 347 g/mol. The summed E-state index contributed by atoms with van der Waals surface area (Å²) in [5, 5.41) is 2.65. The lowest BCUT2D eigenvalue weighted by atomic mass is 10.1. The van der Waals surface area contributed by atoms with Gasteiger partial charge in [-0.15, -0.1) is 0 Å². The number of rotatable bonds is 4. The number of halogens is 1. The minimum atomic E-state index is -0.632. The molecule has 1 fully saturated rings. The summed E-state index contributed by atoms with van der Waals surface area (Å²) < 4.78 is 13.9. The van der Waals surface area contributed by atoms with Crippen molar-refractivity contribution < 1.29 is 14.0 Å². The van der Waals surface area contributed by atoms with Gasteiger partial charge in [0, 0.05) is 39.3 Å². The van der Waals surface area contributed by atoms with Gasteiger partial charge < -0.3 is 20.9 Å². The molecule has 0 aromatic heterocycles. The molecule has 0 unspecified atom stereocenters. The predicted octanol–water partition coefficient (Wildman–Crippen LogP) is 1.25. The fraction of sp³-hybridized carbons (Fsp3) is 0.300. The number of benzene rings is 2. The molecule has 27 heavy (non-hydrogen) atoms. The second kappa shape index (κ2) is 8.64. The Kier molecular flexibility index (Phi) is 6.03. The molecule has 3 N–H and O–H groups in total. The number of carbonyl (C=O) groups excluding carboxylic acids is 2. The van der Waals surface area contributed by atoms with Crippen LogP contribution in [0.2, 0.25) is 0 Å². The summed E-state index contributed by atoms with van der Waals surface area (Å²) >= 11 is 0.